The lowest BCUT2D eigenvalue weighted by Crippen LogP contribution is -2.41. The van der Waals surface area contributed by atoms with Gasteiger partial charge in [-0.15, -0.1) is 0 Å². The normalized spacial score (nSPS) is 15.1. The number of nitrogens with zero attached hydrogens (tertiary/aromatic N) is 3. The Hall–Kier alpha value is -3.27. The molecule has 3 aromatic heterocycles. The van der Waals surface area contributed by atoms with Crippen molar-refractivity contribution in [1.82, 2.24) is 20.1 Å². The topological polar surface area (TPSA) is 84.2 Å². The van der Waals surface area contributed by atoms with Gasteiger partial charge in [-0.1, -0.05) is 11.3 Å². The first-order valence-electron chi connectivity index (χ1n) is 9.37. The van der Waals surface area contributed by atoms with Gasteiger partial charge in [0.2, 0.25) is 0 Å². The number of H-pyrrole nitrogens is 1. The second-order valence-corrected chi connectivity index (χ2v) is 7.96. The summed E-state index contributed by atoms with van der Waals surface area (Å²) in [6, 6.07) is 7.26. The minimum Gasteiger partial charge on any atom is -0.467 e. The first-order valence-corrected chi connectivity index (χ1v) is 10.2. The summed E-state index contributed by atoms with van der Waals surface area (Å²) in [6.07, 6.45) is 2.61. The summed E-state index contributed by atoms with van der Waals surface area (Å²) in [5, 5.41) is 7.20. The number of furan rings is 1. The Morgan fingerprint density at radius 2 is 2.10 bits per heavy atom. The molecule has 0 radical (unpaired) electrons. The van der Waals surface area contributed by atoms with Crippen molar-refractivity contribution >= 4 is 27.5 Å². The van der Waals surface area contributed by atoms with E-state index >= 15 is 0 Å². The summed E-state index contributed by atoms with van der Waals surface area (Å²) in [5.41, 5.74) is 1.07. The average molecular weight is 430 g/mol. The molecule has 1 fully saturated rings. The molecule has 7 nitrogen and oxygen atoms in total. The standard InChI is InChI=1S/C20H16F2N4O3S/c21-11-8-13(22)18-17(9-11)30-20(23-18)29-12-3-5-26(6-4-12)19(27)15-10-14(24-25-15)16-2-1-7-28-16/h1-2,7-10,12H,3-6H2,(H,24,25). The number of benzene rings is 1. The third kappa shape index (κ3) is 3.54. The van der Waals surface area contributed by atoms with E-state index in [1.165, 1.54) is 6.07 Å². The monoisotopic (exact) mass is 430 g/mol. The van der Waals surface area contributed by atoms with E-state index in [4.69, 9.17) is 9.15 Å². The number of piperidine rings is 1. The molecule has 0 bridgehead atoms. The fourth-order valence-electron chi connectivity index (χ4n) is 3.46. The van der Waals surface area contributed by atoms with Crippen LogP contribution in [0, 0.1) is 11.6 Å². The van der Waals surface area contributed by atoms with E-state index in [9.17, 15) is 13.6 Å². The van der Waals surface area contributed by atoms with Crippen molar-refractivity contribution in [2.24, 2.45) is 0 Å². The summed E-state index contributed by atoms with van der Waals surface area (Å²) in [5.74, 6) is -0.902. The molecule has 1 N–H and O–H groups in total. The molecule has 0 atom stereocenters. The van der Waals surface area contributed by atoms with E-state index < -0.39 is 11.6 Å². The van der Waals surface area contributed by atoms with E-state index in [1.54, 1.807) is 29.4 Å². The Kier molecular flexibility index (Phi) is 4.70. The van der Waals surface area contributed by atoms with Crippen molar-refractivity contribution in [3.63, 3.8) is 0 Å². The molecule has 0 saturated carbocycles. The smallest absolute Gasteiger partial charge is 0.274 e. The Labute approximate surface area is 173 Å². The zero-order valence-corrected chi connectivity index (χ0v) is 16.4. The van der Waals surface area contributed by atoms with Crippen molar-refractivity contribution in [3.8, 4) is 16.6 Å². The molecule has 1 amide bonds. The van der Waals surface area contributed by atoms with Gasteiger partial charge >= 0.3 is 0 Å². The molecular weight excluding hydrogens is 414 g/mol. The number of carbonyl (C=O) groups is 1. The van der Waals surface area contributed by atoms with Crippen LogP contribution in [0.4, 0.5) is 8.78 Å². The second-order valence-electron chi connectivity index (χ2n) is 6.97. The predicted molar refractivity (Wildman–Crippen MR) is 105 cm³/mol. The van der Waals surface area contributed by atoms with Crippen LogP contribution in [0.5, 0.6) is 5.19 Å². The highest BCUT2D eigenvalue weighted by Gasteiger charge is 2.27. The van der Waals surface area contributed by atoms with Crippen LogP contribution >= 0.6 is 11.3 Å². The Morgan fingerprint density at radius 1 is 1.27 bits per heavy atom. The number of aromatic nitrogens is 3. The Balaban J connectivity index is 1.21. The van der Waals surface area contributed by atoms with Crippen LogP contribution < -0.4 is 4.74 Å². The van der Waals surface area contributed by atoms with Gasteiger partial charge in [-0.25, -0.2) is 8.78 Å². The van der Waals surface area contributed by atoms with Crippen LogP contribution in [0.15, 0.2) is 41.0 Å². The predicted octanol–water partition coefficient (Wildman–Crippen LogP) is 4.24. The molecule has 1 aromatic carbocycles. The van der Waals surface area contributed by atoms with Crippen LogP contribution in [-0.2, 0) is 0 Å². The highest BCUT2D eigenvalue weighted by atomic mass is 32.1. The number of halogens is 2. The number of rotatable bonds is 4. The molecular formula is C20H16F2N4O3S. The van der Waals surface area contributed by atoms with Gasteiger partial charge in [0.1, 0.15) is 23.1 Å². The fraction of sp³-hybridized carbons (Fsp3) is 0.250. The molecule has 1 aliphatic heterocycles. The quantitative estimate of drug-likeness (QED) is 0.524. The van der Waals surface area contributed by atoms with Gasteiger partial charge in [-0.05, 0) is 18.2 Å². The minimum atomic E-state index is -0.704. The number of amides is 1. The summed E-state index contributed by atoms with van der Waals surface area (Å²) in [6.45, 7) is 1.00. The number of thiazole rings is 1. The molecule has 0 aliphatic carbocycles. The van der Waals surface area contributed by atoms with Gasteiger partial charge < -0.3 is 14.1 Å². The summed E-state index contributed by atoms with van der Waals surface area (Å²) in [7, 11) is 0. The summed E-state index contributed by atoms with van der Waals surface area (Å²) in [4.78, 5) is 18.6. The summed E-state index contributed by atoms with van der Waals surface area (Å²) >= 11 is 1.11. The number of hydrogen-bond acceptors (Lipinski definition) is 6. The Morgan fingerprint density at radius 3 is 2.87 bits per heavy atom. The van der Waals surface area contributed by atoms with Crippen LogP contribution in [0.3, 0.4) is 0 Å². The van der Waals surface area contributed by atoms with E-state index in [0.29, 0.717) is 53.0 Å². The van der Waals surface area contributed by atoms with Crippen molar-refractivity contribution < 1.29 is 22.7 Å². The van der Waals surface area contributed by atoms with Crippen molar-refractivity contribution in [2.75, 3.05) is 13.1 Å². The van der Waals surface area contributed by atoms with Gasteiger partial charge in [0.05, 0.1) is 11.0 Å². The molecule has 1 aliphatic rings. The van der Waals surface area contributed by atoms with Crippen molar-refractivity contribution in [3.05, 3.63) is 53.9 Å². The van der Waals surface area contributed by atoms with Crippen molar-refractivity contribution in [1.29, 1.82) is 0 Å². The number of fused-ring (bicyclic) bond motifs is 1. The number of carbonyl (C=O) groups excluding carboxylic acids is 1. The molecule has 4 heterocycles. The van der Waals surface area contributed by atoms with Gasteiger partial charge in [-0.3, -0.25) is 9.89 Å². The molecule has 0 unspecified atom stereocenters. The maximum Gasteiger partial charge on any atom is 0.274 e. The van der Waals surface area contributed by atoms with E-state index in [1.807, 2.05) is 0 Å². The third-order valence-electron chi connectivity index (χ3n) is 4.97. The number of likely N-dealkylation sites (tertiary alicyclic amines) is 1. The zero-order valence-electron chi connectivity index (χ0n) is 15.6. The molecule has 5 rings (SSSR count). The summed E-state index contributed by atoms with van der Waals surface area (Å²) < 4.78 is 38.7. The Bertz CT molecular complexity index is 1200. The first-order chi connectivity index (χ1) is 14.6. The van der Waals surface area contributed by atoms with Gasteiger partial charge in [0, 0.05) is 38.1 Å². The maximum atomic E-state index is 13.8. The zero-order chi connectivity index (χ0) is 20.7. The average Bonchev–Trinajstić information content (AvgIpc) is 3.48. The largest absolute Gasteiger partial charge is 0.467 e. The van der Waals surface area contributed by atoms with Gasteiger partial charge in [0.25, 0.3) is 11.1 Å². The van der Waals surface area contributed by atoms with Crippen LogP contribution in [0.25, 0.3) is 21.7 Å². The van der Waals surface area contributed by atoms with Crippen LogP contribution in [0.2, 0.25) is 0 Å². The minimum absolute atomic E-state index is 0.106. The SMILES string of the molecule is O=C(c1cc(-c2ccco2)[nH]n1)N1CCC(Oc2nc3c(F)cc(F)cc3s2)CC1. The third-order valence-corrected chi connectivity index (χ3v) is 5.87. The van der Waals surface area contributed by atoms with Gasteiger partial charge in [-0.2, -0.15) is 10.1 Å². The lowest BCUT2D eigenvalue weighted by molar-refractivity contribution is 0.0590. The lowest BCUT2D eigenvalue weighted by Gasteiger charge is -2.31. The first kappa shape index (κ1) is 18.7. The highest BCUT2D eigenvalue weighted by molar-refractivity contribution is 7.20. The lowest BCUT2D eigenvalue weighted by atomic mass is 10.1. The molecule has 1 saturated heterocycles. The molecule has 154 valence electrons. The van der Waals surface area contributed by atoms with Crippen LogP contribution in [-0.4, -0.2) is 45.2 Å². The number of ether oxygens (including phenoxy) is 1. The van der Waals surface area contributed by atoms with Crippen molar-refractivity contribution in [2.45, 2.75) is 18.9 Å². The molecule has 0 spiro atoms. The van der Waals surface area contributed by atoms with E-state index in [-0.39, 0.29) is 17.5 Å². The van der Waals surface area contributed by atoms with Gasteiger partial charge in [0.15, 0.2) is 17.3 Å². The molecule has 10 heteroatoms. The maximum absolute atomic E-state index is 13.8. The van der Waals surface area contributed by atoms with E-state index in [0.717, 1.165) is 17.4 Å². The second kappa shape index (κ2) is 7.52. The van der Waals surface area contributed by atoms with E-state index in [2.05, 4.69) is 15.2 Å². The fourth-order valence-corrected chi connectivity index (χ4v) is 4.38. The number of nitrogens with one attached hydrogen (secondary N) is 1. The molecule has 30 heavy (non-hydrogen) atoms. The number of aromatic amines is 1. The van der Waals surface area contributed by atoms with Crippen LogP contribution in [0.1, 0.15) is 23.3 Å². The molecule has 4 aromatic rings. The number of hydrogen-bond donors (Lipinski definition) is 1. The highest BCUT2D eigenvalue weighted by Crippen LogP contribution is 2.32.